The van der Waals surface area contributed by atoms with Crippen LogP contribution in [-0.2, 0) is 0 Å². The summed E-state index contributed by atoms with van der Waals surface area (Å²) in [7, 11) is 2.16. The minimum absolute atomic E-state index is 0.452. The van der Waals surface area contributed by atoms with E-state index in [1.54, 1.807) is 0 Å². The van der Waals surface area contributed by atoms with Crippen molar-refractivity contribution in [2.24, 2.45) is 11.1 Å². The summed E-state index contributed by atoms with van der Waals surface area (Å²) in [6, 6.07) is 0. The second kappa shape index (κ2) is 6.29. The molecule has 0 spiro atoms. The molecule has 2 N–H and O–H groups in total. The smallest absolute Gasteiger partial charge is 0.0157 e. The maximum Gasteiger partial charge on any atom is 0.0157 e. The Labute approximate surface area is 94.5 Å². The highest BCUT2D eigenvalue weighted by Gasteiger charge is 2.30. The van der Waals surface area contributed by atoms with Gasteiger partial charge in [-0.25, -0.2) is 0 Å². The maximum atomic E-state index is 5.96. The molecule has 0 bridgehead atoms. The van der Waals surface area contributed by atoms with E-state index in [-0.39, 0.29) is 0 Å². The van der Waals surface area contributed by atoms with Crippen molar-refractivity contribution in [1.29, 1.82) is 0 Å². The molecule has 0 aromatic rings. The molecule has 0 heterocycles. The number of rotatable bonds is 6. The predicted molar refractivity (Wildman–Crippen MR) is 66.9 cm³/mol. The van der Waals surface area contributed by atoms with Crippen molar-refractivity contribution < 1.29 is 0 Å². The molecule has 1 aliphatic carbocycles. The van der Waals surface area contributed by atoms with E-state index in [2.05, 4.69) is 18.5 Å². The summed E-state index contributed by atoms with van der Waals surface area (Å²) in [4.78, 5) is 2.33. The summed E-state index contributed by atoms with van der Waals surface area (Å²) in [5, 5.41) is 0. The Hall–Kier alpha value is -0.340. The van der Waals surface area contributed by atoms with E-state index < -0.39 is 0 Å². The van der Waals surface area contributed by atoms with Crippen LogP contribution in [0.25, 0.3) is 0 Å². The molecule has 0 aromatic carbocycles. The summed E-state index contributed by atoms with van der Waals surface area (Å²) in [6.07, 6.45) is 10.1. The normalized spacial score (nSPS) is 20.5. The van der Waals surface area contributed by atoms with E-state index in [0.717, 1.165) is 19.6 Å². The average molecular weight is 210 g/mol. The first-order valence-electron chi connectivity index (χ1n) is 6.22. The fourth-order valence-electron chi connectivity index (χ4n) is 2.60. The fraction of sp³-hybridized carbons (Fsp3) is 0.846. The lowest BCUT2D eigenvalue weighted by Crippen LogP contribution is -2.36. The minimum atomic E-state index is 0.452. The highest BCUT2D eigenvalue weighted by atomic mass is 15.1. The van der Waals surface area contributed by atoms with Crippen molar-refractivity contribution in [3.8, 4) is 0 Å². The predicted octanol–water partition coefficient (Wildman–Crippen LogP) is 2.40. The highest BCUT2D eigenvalue weighted by molar-refractivity contribution is 4.85. The summed E-state index contributed by atoms with van der Waals surface area (Å²) < 4.78 is 0. The first kappa shape index (κ1) is 12.7. The van der Waals surface area contributed by atoms with Crippen LogP contribution >= 0.6 is 0 Å². The lowest BCUT2D eigenvalue weighted by Gasteiger charge is -2.37. The third kappa shape index (κ3) is 3.96. The third-order valence-corrected chi connectivity index (χ3v) is 3.81. The van der Waals surface area contributed by atoms with Crippen LogP contribution in [0.1, 0.15) is 38.5 Å². The number of hydrogen-bond acceptors (Lipinski definition) is 2. The van der Waals surface area contributed by atoms with Crippen molar-refractivity contribution in [2.75, 3.05) is 26.7 Å². The van der Waals surface area contributed by atoms with Gasteiger partial charge < -0.3 is 10.6 Å². The summed E-state index contributed by atoms with van der Waals surface area (Å²) >= 11 is 0. The van der Waals surface area contributed by atoms with Gasteiger partial charge in [-0.3, -0.25) is 0 Å². The van der Waals surface area contributed by atoms with Gasteiger partial charge in [-0.15, -0.1) is 6.58 Å². The van der Waals surface area contributed by atoms with Crippen LogP contribution in [0, 0.1) is 5.41 Å². The van der Waals surface area contributed by atoms with Crippen molar-refractivity contribution in [1.82, 2.24) is 4.90 Å². The van der Waals surface area contributed by atoms with Crippen LogP contribution in [0.5, 0.6) is 0 Å². The first-order valence-corrected chi connectivity index (χ1v) is 6.22. The highest BCUT2D eigenvalue weighted by Crippen LogP contribution is 2.38. The van der Waals surface area contributed by atoms with Crippen LogP contribution in [0.15, 0.2) is 12.7 Å². The molecule has 1 fully saturated rings. The number of nitrogens with zero attached hydrogens (tertiary/aromatic N) is 1. The van der Waals surface area contributed by atoms with Gasteiger partial charge in [-0.1, -0.05) is 25.3 Å². The Bertz CT molecular complexity index is 183. The second-order valence-corrected chi connectivity index (χ2v) is 5.07. The van der Waals surface area contributed by atoms with Crippen molar-refractivity contribution >= 4 is 0 Å². The van der Waals surface area contributed by atoms with Crippen LogP contribution in [0.2, 0.25) is 0 Å². The van der Waals surface area contributed by atoms with E-state index in [9.17, 15) is 0 Å². The maximum absolute atomic E-state index is 5.96. The number of likely N-dealkylation sites (N-methyl/N-ethyl adjacent to an activating group) is 1. The molecule has 0 atom stereocenters. The lowest BCUT2D eigenvalue weighted by molar-refractivity contribution is 0.160. The summed E-state index contributed by atoms with van der Waals surface area (Å²) in [5.41, 5.74) is 6.41. The lowest BCUT2D eigenvalue weighted by atomic mass is 9.72. The molecule has 0 amide bonds. The van der Waals surface area contributed by atoms with Crippen molar-refractivity contribution in [3.63, 3.8) is 0 Å². The van der Waals surface area contributed by atoms with Gasteiger partial charge in [-0.05, 0) is 44.8 Å². The molecule has 0 aliphatic heterocycles. The molecular weight excluding hydrogens is 184 g/mol. The zero-order valence-electron chi connectivity index (χ0n) is 10.2. The molecule has 0 aromatic heterocycles. The molecule has 15 heavy (non-hydrogen) atoms. The van der Waals surface area contributed by atoms with E-state index in [4.69, 9.17) is 5.73 Å². The van der Waals surface area contributed by atoms with Crippen molar-refractivity contribution in [3.05, 3.63) is 12.7 Å². The molecule has 2 nitrogen and oxygen atoms in total. The van der Waals surface area contributed by atoms with Crippen LogP contribution in [0.4, 0.5) is 0 Å². The van der Waals surface area contributed by atoms with Crippen LogP contribution in [-0.4, -0.2) is 31.6 Å². The van der Waals surface area contributed by atoms with Crippen LogP contribution in [0.3, 0.4) is 0 Å². The molecule has 1 saturated carbocycles. The minimum Gasteiger partial charge on any atom is -0.330 e. The molecule has 0 radical (unpaired) electrons. The molecule has 2 heteroatoms. The van der Waals surface area contributed by atoms with E-state index in [1.165, 1.54) is 38.5 Å². The Kier molecular flexibility index (Phi) is 5.34. The topological polar surface area (TPSA) is 29.3 Å². The molecular formula is C13H26N2. The Balaban J connectivity index is 2.34. The largest absolute Gasteiger partial charge is 0.330 e. The molecule has 1 aliphatic rings. The fourth-order valence-corrected chi connectivity index (χ4v) is 2.60. The van der Waals surface area contributed by atoms with Gasteiger partial charge in [0.05, 0.1) is 0 Å². The van der Waals surface area contributed by atoms with Crippen molar-refractivity contribution in [2.45, 2.75) is 38.5 Å². The van der Waals surface area contributed by atoms with Gasteiger partial charge in [0.15, 0.2) is 0 Å². The Morgan fingerprint density at radius 3 is 2.53 bits per heavy atom. The van der Waals surface area contributed by atoms with E-state index in [1.807, 2.05) is 6.08 Å². The second-order valence-electron chi connectivity index (χ2n) is 5.07. The monoisotopic (exact) mass is 210 g/mol. The van der Waals surface area contributed by atoms with E-state index in [0.29, 0.717) is 5.41 Å². The zero-order valence-corrected chi connectivity index (χ0v) is 10.2. The van der Waals surface area contributed by atoms with Crippen LogP contribution < -0.4 is 5.73 Å². The average Bonchev–Trinajstić information content (AvgIpc) is 2.28. The molecule has 88 valence electrons. The van der Waals surface area contributed by atoms with Gasteiger partial charge in [0.2, 0.25) is 0 Å². The SMILES string of the molecule is C=CCN(C)CCC1(CN)CCCCC1. The quantitative estimate of drug-likeness (QED) is 0.682. The van der Waals surface area contributed by atoms with Gasteiger partial charge in [0, 0.05) is 6.54 Å². The molecule has 0 unspecified atom stereocenters. The van der Waals surface area contributed by atoms with Gasteiger partial charge in [0.1, 0.15) is 0 Å². The standard InChI is InChI=1S/C13H26N2/c1-3-10-15(2)11-9-13(12-14)7-5-4-6-8-13/h3H,1,4-12,14H2,2H3. The first-order chi connectivity index (χ1) is 7.22. The third-order valence-electron chi connectivity index (χ3n) is 3.81. The number of hydrogen-bond donors (Lipinski definition) is 1. The summed E-state index contributed by atoms with van der Waals surface area (Å²) in [6.45, 7) is 6.78. The zero-order chi connectivity index (χ0) is 11.1. The number of nitrogens with two attached hydrogens (primary N) is 1. The van der Waals surface area contributed by atoms with Gasteiger partial charge >= 0.3 is 0 Å². The summed E-state index contributed by atoms with van der Waals surface area (Å²) in [5.74, 6) is 0. The van der Waals surface area contributed by atoms with Gasteiger partial charge in [-0.2, -0.15) is 0 Å². The van der Waals surface area contributed by atoms with E-state index >= 15 is 0 Å². The molecule has 0 saturated heterocycles. The van der Waals surface area contributed by atoms with Gasteiger partial charge in [0.25, 0.3) is 0 Å². The Morgan fingerprint density at radius 2 is 2.00 bits per heavy atom. The Morgan fingerprint density at radius 1 is 1.33 bits per heavy atom. The molecule has 1 rings (SSSR count).